The van der Waals surface area contributed by atoms with Gasteiger partial charge in [-0.05, 0) is 41.5 Å². The van der Waals surface area contributed by atoms with Crippen LogP contribution in [0, 0.1) is 0 Å². The van der Waals surface area contributed by atoms with E-state index in [4.69, 9.17) is 9.94 Å². The van der Waals surface area contributed by atoms with Crippen molar-refractivity contribution in [2.24, 2.45) is 0 Å². The van der Waals surface area contributed by atoms with E-state index in [-0.39, 0.29) is 24.4 Å². The zero-order chi connectivity index (χ0) is 25.4. The van der Waals surface area contributed by atoms with Crippen LogP contribution in [0.3, 0.4) is 0 Å². The van der Waals surface area contributed by atoms with Crippen molar-refractivity contribution >= 4 is 29.8 Å². The summed E-state index contributed by atoms with van der Waals surface area (Å²) in [6.07, 6.45) is -0.479. The summed E-state index contributed by atoms with van der Waals surface area (Å²) in [6.45, 7) is 11.9. The number of amides is 1. The third kappa shape index (κ3) is 12.0. The number of rotatable bonds is 5. The molecule has 3 unspecified atom stereocenters. The minimum Gasteiger partial charge on any atom is -0.508 e. The number of carbonyl (C=O) groups is 1. The number of hydrogen-bond acceptors (Lipinski definition) is 7. The predicted molar refractivity (Wildman–Crippen MR) is 134 cm³/mol. The third-order valence-electron chi connectivity index (χ3n) is 4.57. The summed E-state index contributed by atoms with van der Waals surface area (Å²) in [7, 11) is 1.56. The van der Waals surface area contributed by atoms with E-state index in [0.29, 0.717) is 19.4 Å². The summed E-state index contributed by atoms with van der Waals surface area (Å²) in [6, 6.07) is 10.7. The van der Waals surface area contributed by atoms with E-state index in [9.17, 15) is 20.1 Å². The first-order valence-corrected chi connectivity index (χ1v) is 11.5. The van der Waals surface area contributed by atoms with Crippen molar-refractivity contribution in [3.63, 3.8) is 0 Å². The molecule has 33 heavy (non-hydrogen) atoms. The van der Waals surface area contributed by atoms with Crippen LogP contribution in [-0.4, -0.2) is 70.3 Å². The first-order valence-electron chi connectivity index (χ1n) is 11.5. The Morgan fingerprint density at radius 2 is 1.70 bits per heavy atom. The van der Waals surface area contributed by atoms with Crippen molar-refractivity contribution in [2.45, 2.75) is 72.6 Å². The van der Waals surface area contributed by atoms with Crippen LogP contribution in [0.4, 0.5) is 5.69 Å². The first-order chi connectivity index (χ1) is 15.8. The van der Waals surface area contributed by atoms with Crippen molar-refractivity contribution in [2.75, 3.05) is 18.5 Å². The quantitative estimate of drug-likeness (QED) is 0.338. The second-order valence-electron chi connectivity index (χ2n) is 6.96. The lowest BCUT2D eigenvalue weighted by Gasteiger charge is -2.31. The maximum absolute atomic E-state index is 10.9. The molecule has 2 aromatic carbocycles. The topological polar surface area (TPSA) is 122 Å². The van der Waals surface area contributed by atoms with E-state index < -0.39 is 12.2 Å². The maximum Gasteiger partial charge on any atom is 0.242 e. The zero-order valence-corrected chi connectivity index (χ0v) is 20.7. The Morgan fingerprint density at radius 3 is 2.27 bits per heavy atom. The number of hydrogen-bond donors (Lipinski definition) is 5. The van der Waals surface area contributed by atoms with E-state index in [0.717, 1.165) is 21.4 Å². The zero-order valence-electron chi connectivity index (χ0n) is 20.7. The van der Waals surface area contributed by atoms with Crippen molar-refractivity contribution in [3.05, 3.63) is 36.4 Å². The molecule has 2 aromatic rings. The molecule has 0 bridgehead atoms. The van der Waals surface area contributed by atoms with Gasteiger partial charge in [-0.25, -0.2) is 4.97 Å². The number of phenolic OH excluding ortho intramolecular Hbond substituents is 1. The number of aliphatic hydroxyl groups is 2. The summed E-state index contributed by atoms with van der Waals surface area (Å²) in [5, 5.41) is 41.6. The number of aromatic hydroxyl groups is 1. The standard InChI is InChI=1S/C12H11NO2.C8H17BNO4.2C2H6/c1-8(14)13-11-4-2-10-7-12(15)5-3-9(10)6-11;1-9-10(13)3-2-6-4-7(11)8(12)5-14-6;2*1-2/h2-7,15H,1H3,(H,13,14);6-8,11-13H,2-5H2,1H3;2*1-2H3. The molecule has 3 rings (SSSR count). The molecule has 1 amide bonds. The van der Waals surface area contributed by atoms with E-state index in [1.165, 1.54) is 6.92 Å². The van der Waals surface area contributed by atoms with Gasteiger partial charge in [-0.15, -0.1) is 0 Å². The van der Waals surface area contributed by atoms with Crippen LogP contribution < -0.4 is 5.32 Å². The number of anilines is 1. The highest BCUT2D eigenvalue weighted by Gasteiger charge is 2.28. The third-order valence-corrected chi connectivity index (χ3v) is 4.57. The molecule has 3 atom stereocenters. The minimum atomic E-state index is -0.769. The normalized spacial score (nSPS) is 19.2. The fourth-order valence-corrected chi connectivity index (χ4v) is 2.96. The van der Waals surface area contributed by atoms with Crippen LogP contribution in [0.25, 0.3) is 10.8 Å². The van der Waals surface area contributed by atoms with Crippen LogP contribution in [0.1, 0.15) is 47.5 Å². The Morgan fingerprint density at radius 1 is 1.09 bits per heavy atom. The molecule has 185 valence electrons. The summed E-state index contributed by atoms with van der Waals surface area (Å²) in [4.78, 5) is 11.9. The molecule has 1 aliphatic rings. The molecule has 9 heteroatoms. The van der Waals surface area contributed by atoms with Crippen LogP contribution in [0.15, 0.2) is 36.4 Å². The van der Waals surface area contributed by atoms with Crippen molar-refractivity contribution < 1.29 is 30.1 Å². The van der Waals surface area contributed by atoms with Crippen LogP contribution in [0.2, 0.25) is 6.82 Å². The molecule has 0 spiro atoms. The highest BCUT2D eigenvalue weighted by molar-refractivity contribution is 6.29. The number of ether oxygens (including phenoxy) is 1. The number of nitrogens with one attached hydrogen (secondary N) is 1. The number of carbonyl (C=O) groups excluding carboxylic acids is 1. The fourth-order valence-electron chi connectivity index (χ4n) is 2.96. The average molecular weight is 463 g/mol. The summed E-state index contributed by atoms with van der Waals surface area (Å²) >= 11 is 0. The molecule has 1 aliphatic heterocycles. The van der Waals surface area contributed by atoms with Gasteiger partial charge in [0.2, 0.25) is 13.3 Å². The Balaban J connectivity index is 0.000000541. The molecule has 1 heterocycles. The Hall–Kier alpha value is -2.17. The van der Waals surface area contributed by atoms with E-state index in [1.54, 1.807) is 26.4 Å². The van der Waals surface area contributed by atoms with Gasteiger partial charge in [-0.3, -0.25) is 4.79 Å². The predicted octanol–water partition coefficient (Wildman–Crippen LogP) is 3.80. The van der Waals surface area contributed by atoms with Crippen molar-refractivity contribution in [1.29, 1.82) is 0 Å². The van der Waals surface area contributed by atoms with Crippen LogP contribution in [-0.2, 0) is 9.53 Å². The number of benzene rings is 2. The van der Waals surface area contributed by atoms with Crippen LogP contribution in [0.5, 0.6) is 5.75 Å². The SMILES string of the molecule is CC.CC.CC(=O)Nc1ccc2cc(O)ccc2c1.C[B]N(O)CCC1CC(O)C(O)CO1. The Bertz CT molecular complexity index is 808. The molecule has 0 aliphatic carbocycles. The first kappa shape index (κ1) is 30.8. The number of nitrogens with zero attached hydrogens (tertiary/aromatic N) is 1. The highest BCUT2D eigenvalue weighted by atomic mass is 16.5. The van der Waals surface area contributed by atoms with Gasteiger partial charge in [0.15, 0.2) is 0 Å². The largest absolute Gasteiger partial charge is 0.508 e. The summed E-state index contributed by atoms with van der Waals surface area (Å²) in [5.74, 6) is 0.155. The minimum absolute atomic E-state index is 0.0806. The van der Waals surface area contributed by atoms with Gasteiger partial charge in [-0.1, -0.05) is 46.7 Å². The molecular formula is C24H40BN2O6. The summed E-state index contributed by atoms with van der Waals surface area (Å²) < 4.78 is 5.29. The molecule has 0 saturated carbocycles. The van der Waals surface area contributed by atoms with Gasteiger partial charge >= 0.3 is 0 Å². The smallest absolute Gasteiger partial charge is 0.242 e. The molecular weight excluding hydrogens is 423 g/mol. The van der Waals surface area contributed by atoms with Crippen LogP contribution >= 0.6 is 0 Å². The van der Waals surface area contributed by atoms with E-state index in [1.807, 2.05) is 52.0 Å². The van der Waals surface area contributed by atoms with Gasteiger partial charge in [0, 0.05) is 25.6 Å². The fraction of sp³-hybridized carbons (Fsp3) is 0.542. The number of phenols is 1. The Kier molecular flexibility index (Phi) is 16.2. The second kappa shape index (κ2) is 17.3. The second-order valence-corrected chi connectivity index (χ2v) is 6.96. The lowest BCUT2D eigenvalue weighted by molar-refractivity contribution is -0.127. The van der Waals surface area contributed by atoms with Crippen molar-refractivity contribution in [3.8, 4) is 5.75 Å². The molecule has 8 nitrogen and oxygen atoms in total. The Labute approximate surface area is 198 Å². The van der Waals surface area contributed by atoms with Gasteiger partial charge < -0.3 is 30.6 Å². The van der Waals surface area contributed by atoms with E-state index >= 15 is 0 Å². The van der Waals surface area contributed by atoms with Crippen molar-refractivity contribution in [1.82, 2.24) is 4.97 Å². The summed E-state index contributed by atoms with van der Waals surface area (Å²) in [5.41, 5.74) is 0.765. The molecule has 1 radical (unpaired) electrons. The van der Waals surface area contributed by atoms with Gasteiger partial charge in [-0.2, -0.15) is 0 Å². The maximum atomic E-state index is 10.9. The van der Waals surface area contributed by atoms with Gasteiger partial charge in [0.05, 0.1) is 18.8 Å². The lowest BCUT2D eigenvalue weighted by atomic mass is 9.97. The number of hydroxylamine groups is 1. The molecule has 0 aromatic heterocycles. The highest BCUT2D eigenvalue weighted by Crippen LogP contribution is 2.23. The number of fused-ring (bicyclic) bond motifs is 1. The molecule has 5 N–H and O–H groups in total. The van der Waals surface area contributed by atoms with E-state index in [2.05, 4.69) is 5.32 Å². The van der Waals surface area contributed by atoms with Gasteiger partial charge in [0.1, 0.15) is 11.9 Å². The monoisotopic (exact) mass is 463 g/mol. The number of aliphatic hydroxyl groups excluding tert-OH is 2. The average Bonchev–Trinajstić information content (AvgIpc) is 2.82. The molecule has 1 saturated heterocycles. The molecule has 1 fully saturated rings. The van der Waals surface area contributed by atoms with Gasteiger partial charge in [0.25, 0.3) is 0 Å². The lowest BCUT2D eigenvalue weighted by Crippen LogP contribution is -2.42.